The van der Waals surface area contributed by atoms with E-state index in [9.17, 15) is 14.0 Å². The molecule has 1 N–H and O–H groups in total. The van der Waals surface area contributed by atoms with Crippen molar-refractivity contribution in [1.29, 1.82) is 0 Å². The van der Waals surface area contributed by atoms with E-state index in [1.165, 1.54) is 24.3 Å². The summed E-state index contributed by atoms with van der Waals surface area (Å²) in [5.41, 5.74) is 0.654. The Bertz CT molecular complexity index is 468. The topological polar surface area (TPSA) is 55.4 Å². The third-order valence-electron chi connectivity index (χ3n) is 2.86. The Hall–Kier alpha value is -1.91. The van der Waals surface area contributed by atoms with Crippen LogP contribution in [0.4, 0.5) is 4.39 Å². The van der Waals surface area contributed by atoms with E-state index in [0.29, 0.717) is 5.56 Å². The molecule has 2 rings (SSSR count). The summed E-state index contributed by atoms with van der Waals surface area (Å²) in [6.45, 7) is 1.54. The van der Waals surface area contributed by atoms with Gasteiger partial charge in [0.15, 0.2) is 6.10 Å². The summed E-state index contributed by atoms with van der Waals surface area (Å²) in [6.07, 6.45) is 1.21. The van der Waals surface area contributed by atoms with Crippen LogP contribution >= 0.6 is 0 Å². The van der Waals surface area contributed by atoms with E-state index in [0.717, 1.165) is 12.8 Å². The van der Waals surface area contributed by atoms with Gasteiger partial charge in [-0.05, 0) is 37.5 Å². The Morgan fingerprint density at radius 3 is 2.58 bits per heavy atom. The molecule has 1 saturated carbocycles. The van der Waals surface area contributed by atoms with Gasteiger partial charge in [-0.25, -0.2) is 4.39 Å². The summed E-state index contributed by atoms with van der Waals surface area (Å²) in [5.74, 6) is -1.12. The maximum atomic E-state index is 12.7. The van der Waals surface area contributed by atoms with E-state index in [-0.39, 0.29) is 24.2 Å². The van der Waals surface area contributed by atoms with E-state index in [1.807, 2.05) is 0 Å². The summed E-state index contributed by atoms with van der Waals surface area (Å²) in [6, 6.07) is 5.85. The first-order valence-corrected chi connectivity index (χ1v) is 6.29. The third kappa shape index (κ3) is 4.35. The van der Waals surface area contributed by atoms with Crippen LogP contribution in [0.25, 0.3) is 0 Å². The number of carbonyl (C=O) groups excluding carboxylic acids is 2. The van der Waals surface area contributed by atoms with Gasteiger partial charge in [0.1, 0.15) is 5.82 Å². The smallest absolute Gasteiger partial charge is 0.311 e. The first kappa shape index (κ1) is 13.5. The molecule has 1 aromatic rings. The predicted octanol–water partition coefficient (Wildman–Crippen LogP) is 1.58. The van der Waals surface area contributed by atoms with Crippen molar-refractivity contribution in [3.63, 3.8) is 0 Å². The van der Waals surface area contributed by atoms with Gasteiger partial charge in [0.25, 0.3) is 5.91 Å². The molecule has 0 saturated heterocycles. The van der Waals surface area contributed by atoms with Crippen molar-refractivity contribution in [2.45, 2.75) is 38.3 Å². The number of nitrogens with one attached hydrogen (secondary N) is 1. The van der Waals surface area contributed by atoms with E-state index >= 15 is 0 Å². The van der Waals surface area contributed by atoms with Crippen molar-refractivity contribution in [2.75, 3.05) is 0 Å². The number of amides is 1. The van der Waals surface area contributed by atoms with Crippen LogP contribution in [0.3, 0.4) is 0 Å². The van der Waals surface area contributed by atoms with Gasteiger partial charge >= 0.3 is 5.97 Å². The number of hydrogen-bond acceptors (Lipinski definition) is 3. The Morgan fingerprint density at radius 2 is 2.00 bits per heavy atom. The number of hydrogen-bond donors (Lipinski definition) is 1. The van der Waals surface area contributed by atoms with Gasteiger partial charge in [0.05, 0.1) is 6.42 Å². The van der Waals surface area contributed by atoms with Crippen LogP contribution in [0, 0.1) is 5.82 Å². The first-order valence-electron chi connectivity index (χ1n) is 6.29. The highest BCUT2D eigenvalue weighted by Gasteiger charge is 2.27. The molecule has 1 aromatic carbocycles. The second-order valence-corrected chi connectivity index (χ2v) is 4.72. The molecule has 0 radical (unpaired) electrons. The standard InChI is InChI=1S/C14H16FNO3/c1-9(14(18)16-12-6-7-12)19-13(17)8-10-2-4-11(15)5-3-10/h2-5,9,12H,6-8H2,1H3,(H,16,18)/t9-/m0/s1. The van der Waals surface area contributed by atoms with Crippen LogP contribution < -0.4 is 5.32 Å². The molecular formula is C14H16FNO3. The van der Waals surface area contributed by atoms with E-state index in [4.69, 9.17) is 4.74 Å². The fraction of sp³-hybridized carbons (Fsp3) is 0.429. The van der Waals surface area contributed by atoms with Gasteiger partial charge in [-0.1, -0.05) is 12.1 Å². The van der Waals surface area contributed by atoms with Crippen molar-refractivity contribution >= 4 is 11.9 Å². The summed E-state index contributed by atoms with van der Waals surface area (Å²) in [4.78, 5) is 23.2. The van der Waals surface area contributed by atoms with Crippen LogP contribution in [-0.2, 0) is 20.7 Å². The van der Waals surface area contributed by atoms with Gasteiger partial charge in [-0.2, -0.15) is 0 Å². The van der Waals surface area contributed by atoms with Crippen LogP contribution in [0.5, 0.6) is 0 Å². The Balaban J connectivity index is 1.79. The SMILES string of the molecule is C[C@H](OC(=O)Cc1ccc(F)cc1)C(=O)NC1CC1. The molecule has 0 aromatic heterocycles. The van der Waals surface area contributed by atoms with E-state index in [2.05, 4.69) is 5.32 Å². The molecule has 0 bridgehead atoms. The van der Waals surface area contributed by atoms with Gasteiger partial charge in [-0.3, -0.25) is 9.59 Å². The monoisotopic (exact) mass is 265 g/mol. The minimum atomic E-state index is -0.798. The third-order valence-corrected chi connectivity index (χ3v) is 2.86. The first-order chi connectivity index (χ1) is 9.04. The zero-order chi connectivity index (χ0) is 13.8. The normalized spacial score (nSPS) is 15.7. The Kier molecular flexibility index (Phi) is 4.14. The molecular weight excluding hydrogens is 249 g/mol. The summed E-state index contributed by atoms with van der Waals surface area (Å²) >= 11 is 0. The molecule has 5 heteroatoms. The number of rotatable bonds is 5. The average molecular weight is 265 g/mol. The van der Waals surface area contributed by atoms with Gasteiger partial charge in [0, 0.05) is 6.04 Å². The zero-order valence-electron chi connectivity index (χ0n) is 10.7. The average Bonchev–Trinajstić information content (AvgIpc) is 3.16. The van der Waals surface area contributed by atoms with Crippen molar-refractivity contribution < 1.29 is 18.7 Å². The predicted molar refractivity (Wildman–Crippen MR) is 66.8 cm³/mol. The lowest BCUT2D eigenvalue weighted by Gasteiger charge is -2.13. The fourth-order valence-electron chi connectivity index (χ4n) is 1.61. The highest BCUT2D eigenvalue weighted by Crippen LogP contribution is 2.18. The molecule has 1 amide bonds. The zero-order valence-corrected chi connectivity index (χ0v) is 10.7. The summed E-state index contributed by atoms with van der Waals surface area (Å²) in [5, 5.41) is 2.76. The largest absolute Gasteiger partial charge is 0.452 e. The highest BCUT2D eigenvalue weighted by atomic mass is 19.1. The maximum absolute atomic E-state index is 12.7. The minimum absolute atomic E-state index is 0.0291. The molecule has 0 unspecified atom stereocenters. The second-order valence-electron chi connectivity index (χ2n) is 4.72. The van der Waals surface area contributed by atoms with E-state index < -0.39 is 12.1 Å². The summed E-state index contributed by atoms with van der Waals surface area (Å²) < 4.78 is 17.7. The molecule has 0 spiro atoms. The Labute approximate surface area is 110 Å². The number of ether oxygens (including phenoxy) is 1. The lowest BCUT2D eigenvalue weighted by molar-refractivity contribution is -0.154. The van der Waals surface area contributed by atoms with Gasteiger partial charge in [-0.15, -0.1) is 0 Å². The summed E-state index contributed by atoms with van der Waals surface area (Å²) in [7, 11) is 0. The van der Waals surface area contributed by atoms with Crippen LogP contribution in [-0.4, -0.2) is 24.0 Å². The quantitative estimate of drug-likeness (QED) is 0.822. The van der Waals surface area contributed by atoms with Crippen LogP contribution in [0.1, 0.15) is 25.3 Å². The molecule has 1 fully saturated rings. The maximum Gasteiger partial charge on any atom is 0.311 e. The number of carbonyl (C=O) groups is 2. The second kappa shape index (κ2) is 5.82. The molecule has 19 heavy (non-hydrogen) atoms. The van der Waals surface area contributed by atoms with Gasteiger partial charge in [0.2, 0.25) is 0 Å². The highest BCUT2D eigenvalue weighted by molar-refractivity contribution is 5.84. The van der Waals surface area contributed by atoms with Crippen molar-refractivity contribution in [1.82, 2.24) is 5.32 Å². The lowest BCUT2D eigenvalue weighted by atomic mass is 10.1. The molecule has 102 valence electrons. The minimum Gasteiger partial charge on any atom is -0.452 e. The molecule has 0 aliphatic heterocycles. The van der Waals surface area contributed by atoms with Crippen LogP contribution in [0.2, 0.25) is 0 Å². The van der Waals surface area contributed by atoms with Crippen molar-refractivity contribution in [3.05, 3.63) is 35.6 Å². The van der Waals surface area contributed by atoms with Gasteiger partial charge < -0.3 is 10.1 Å². The van der Waals surface area contributed by atoms with Crippen molar-refractivity contribution in [3.8, 4) is 0 Å². The molecule has 1 atom stereocenters. The molecule has 0 heterocycles. The van der Waals surface area contributed by atoms with Crippen molar-refractivity contribution in [2.24, 2.45) is 0 Å². The fourth-order valence-corrected chi connectivity index (χ4v) is 1.61. The molecule has 1 aliphatic rings. The van der Waals surface area contributed by atoms with E-state index in [1.54, 1.807) is 6.92 Å². The number of esters is 1. The Morgan fingerprint density at radius 1 is 1.37 bits per heavy atom. The van der Waals surface area contributed by atoms with Crippen LogP contribution in [0.15, 0.2) is 24.3 Å². The molecule has 1 aliphatic carbocycles. The lowest BCUT2D eigenvalue weighted by Crippen LogP contribution is -2.37. The number of halogens is 1. The molecule has 4 nitrogen and oxygen atoms in total. The number of benzene rings is 1.